The molecule has 0 unspecified atom stereocenters. The number of anilines is 2. The Kier molecular flexibility index (Phi) is 5.99. The van der Waals surface area contributed by atoms with Gasteiger partial charge in [0.15, 0.2) is 0 Å². The van der Waals surface area contributed by atoms with E-state index in [1.807, 2.05) is 30.3 Å². The number of rotatable bonds is 6. The minimum Gasteiger partial charge on any atom is -0.322 e. The molecule has 0 heterocycles. The number of fused-ring (bicyclic) bond motifs is 1. The molecule has 8 nitrogen and oxygen atoms in total. The van der Waals surface area contributed by atoms with Crippen molar-refractivity contribution >= 4 is 55.4 Å². The fourth-order valence-corrected chi connectivity index (χ4v) is 4.58. The number of nitro benzene ring substituents is 1. The summed E-state index contributed by atoms with van der Waals surface area (Å²) in [6.07, 6.45) is 0. The Morgan fingerprint density at radius 1 is 0.909 bits per heavy atom. The van der Waals surface area contributed by atoms with Gasteiger partial charge in [0.25, 0.3) is 21.6 Å². The van der Waals surface area contributed by atoms with Gasteiger partial charge in [0.05, 0.1) is 26.1 Å². The number of benzene rings is 4. The van der Waals surface area contributed by atoms with Gasteiger partial charge in [0, 0.05) is 23.2 Å². The Labute approximate surface area is 194 Å². The second-order valence-corrected chi connectivity index (χ2v) is 9.12. The number of amides is 1. The first-order valence-electron chi connectivity index (χ1n) is 9.60. The number of nitrogens with one attached hydrogen (secondary N) is 2. The molecule has 0 bridgehead atoms. The minimum absolute atomic E-state index is 0.0156. The van der Waals surface area contributed by atoms with Crippen molar-refractivity contribution in [3.8, 4) is 0 Å². The summed E-state index contributed by atoms with van der Waals surface area (Å²) in [6.45, 7) is 0. The van der Waals surface area contributed by atoms with Crippen LogP contribution in [0.25, 0.3) is 10.8 Å². The van der Waals surface area contributed by atoms with E-state index < -0.39 is 20.9 Å². The van der Waals surface area contributed by atoms with Gasteiger partial charge in [-0.15, -0.1) is 0 Å². The maximum atomic E-state index is 12.9. The van der Waals surface area contributed by atoms with Gasteiger partial charge in [0.1, 0.15) is 0 Å². The van der Waals surface area contributed by atoms with Gasteiger partial charge in [-0.1, -0.05) is 48.0 Å². The molecule has 0 aliphatic heterocycles. The molecule has 0 fully saturated rings. The van der Waals surface area contributed by atoms with Gasteiger partial charge in [0.2, 0.25) is 0 Å². The standard InChI is InChI=1S/C23H16ClN3O5S/c24-21-14-17(27(29)30)10-13-20(21)23(28)25-16-8-11-18(12-9-16)33(31,32)26-22-7-3-5-15-4-1-2-6-19(15)22/h1-14,26H,(H,25,28). The first kappa shape index (κ1) is 22.3. The second-order valence-electron chi connectivity index (χ2n) is 7.03. The number of carbonyl (C=O) groups excluding carboxylic acids is 1. The van der Waals surface area contributed by atoms with Gasteiger partial charge in [-0.2, -0.15) is 0 Å². The Morgan fingerprint density at radius 3 is 2.30 bits per heavy atom. The molecule has 4 aromatic rings. The van der Waals surface area contributed by atoms with E-state index in [2.05, 4.69) is 10.0 Å². The van der Waals surface area contributed by atoms with Crippen LogP contribution < -0.4 is 10.0 Å². The molecule has 0 aliphatic carbocycles. The molecule has 33 heavy (non-hydrogen) atoms. The zero-order chi connectivity index (χ0) is 23.6. The lowest BCUT2D eigenvalue weighted by Gasteiger charge is -2.12. The molecule has 10 heteroatoms. The van der Waals surface area contributed by atoms with E-state index in [-0.39, 0.29) is 21.2 Å². The van der Waals surface area contributed by atoms with E-state index in [0.29, 0.717) is 11.4 Å². The lowest BCUT2D eigenvalue weighted by Crippen LogP contribution is -2.14. The summed E-state index contributed by atoms with van der Waals surface area (Å²) in [5, 5.41) is 15.0. The van der Waals surface area contributed by atoms with Crippen molar-refractivity contribution in [2.24, 2.45) is 0 Å². The molecule has 0 radical (unpaired) electrons. The van der Waals surface area contributed by atoms with Crippen molar-refractivity contribution in [2.45, 2.75) is 4.90 Å². The number of nitro groups is 1. The normalized spacial score (nSPS) is 11.2. The molecule has 0 atom stereocenters. The van der Waals surface area contributed by atoms with Crippen LogP contribution in [0.3, 0.4) is 0 Å². The summed E-state index contributed by atoms with van der Waals surface area (Å²) >= 11 is 5.99. The van der Waals surface area contributed by atoms with E-state index in [0.717, 1.165) is 16.8 Å². The Bertz CT molecular complexity index is 1480. The monoisotopic (exact) mass is 481 g/mol. The van der Waals surface area contributed by atoms with Crippen LogP contribution in [0.15, 0.2) is 89.8 Å². The molecule has 0 aliphatic rings. The Morgan fingerprint density at radius 2 is 1.61 bits per heavy atom. The van der Waals surface area contributed by atoms with Crippen LogP contribution in [0, 0.1) is 10.1 Å². The quantitative estimate of drug-likeness (QED) is 0.280. The molecule has 0 aromatic heterocycles. The number of nitrogens with zero attached hydrogens (tertiary/aromatic N) is 1. The van der Waals surface area contributed by atoms with Gasteiger partial charge >= 0.3 is 0 Å². The van der Waals surface area contributed by atoms with Crippen LogP contribution in [-0.4, -0.2) is 19.2 Å². The van der Waals surface area contributed by atoms with Gasteiger partial charge < -0.3 is 5.32 Å². The maximum absolute atomic E-state index is 12.9. The second kappa shape index (κ2) is 8.89. The van der Waals surface area contributed by atoms with Crippen LogP contribution in [-0.2, 0) is 10.0 Å². The highest BCUT2D eigenvalue weighted by atomic mass is 35.5. The maximum Gasteiger partial charge on any atom is 0.270 e. The number of hydrogen-bond donors (Lipinski definition) is 2. The van der Waals surface area contributed by atoms with Crippen LogP contribution in [0.2, 0.25) is 5.02 Å². The molecular formula is C23H16ClN3O5S. The summed E-state index contributed by atoms with van der Waals surface area (Å²) in [5.74, 6) is -0.584. The Hall–Kier alpha value is -3.95. The van der Waals surface area contributed by atoms with E-state index in [4.69, 9.17) is 11.6 Å². The number of carbonyl (C=O) groups is 1. The van der Waals surface area contributed by atoms with Gasteiger partial charge in [-0.3, -0.25) is 19.6 Å². The van der Waals surface area contributed by atoms with Crippen LogP contribution >= 0.6 is 11.6 Å². The van der Waals surface area contributed by atoms with Crippen LogP contribution in [0.1, 0.15) is 10.4 Å². The fourth-order valence-electron chi connectivity index (χ4n) is 3.24. The average Bonchev–Trinajstić information content (AvgIpc) is 2.79. The molecule has 0 saturated carbocycles. The highest BCUT2D eigenvalue weighted by molar-refractivity contribution is 7.92. The molecule has 2 N–H and O–H groups in total. The SMILES string of the molecule is O=C(Nc1ccc(S(=O)(=O)Nc2cccc3ccccc23)cc1)c1ccc([N+](=O)[O-])cc1Cl. The summed E-state index contributed by atoms with van der Waals surface area (Å²) < 4.78 is 28.3. The molecular weight excluding hydrogens is 466 g/mol. The predicted molar refractivity (Wildman–Crippen MR) is 127 cm³/mol. The third-order valence-electron chi connectivity index (χ3n) is 4.86. The van der Waals surface area contributed by atoms with Gasteiger partial charge in [-0.25, -0.2) is 8.42 Å². The van der Waals surface area contributed by atoms with E-state index in [1.54, 1.807) is 12.1 Å². The first-order chi connectivity index (χ1) is 15.7. The summed E-state index contributed by atoms with van der Waals surface area (Å²) in [6, 6.07) is 21.9. The number of sulfonamides is 1. The topological polar surface area (TPSA) is 118 Å². The zero-order valence-electron chi connectivity index (χ0n) is 16.9. The molecule has 4 rings (SSSR count). The fraction of sp³-hybridized carbons (Fsp3) is 0. The summed E-state index contributed by atoms with van der Waals surface area (Å²) in [4.78, 5) is 22.7. The molecule has 0 spiro atoms. The third-order valence-corrected chi connectivity index (χ3v) is 6.56. The zero-order valence-corrected chi connectivity index (χ0v) is 18.4. The van der Waals surface area contributed by atoms with Crippen molar-refractivity contribution < 1.29 is 18.1 Å². The predicted octanol–water partition coefficient (Wildman–Crippen LogP) is 5.45. The summed E-state index contributed by atoms with van der Waals surface area (Å²) in [5.41, 5.74) is 0.609. The van der Waals surface area contributed by atoms with Crippen molar-refractivity contribution in [3.05, 3.63) is 106 Å². The summed E-state index contributed by atoms with van der Waals surface area (Å²) in [7, 11) is -3.87. The average molecular weight is 482 g/mol. The highest BCUT2D eigenvalue weighted by Gasteiger charge is 2.17. The van der Waals surface area contributed by atoms with Crippen molar-refractivity contribution in [1.29, 1.82) is 0 Å². The Balaban J connectivity index is 1.52. The van der Waals surface area contributed by atoms with E-state index >= 15 is 0 Å². The third kappa shape index (κ3) is 4.79. The lowest BCUT2D eigenvalue weighted by molar-refractivity contribution is -0.384. The van der Waals surface area contributed by atoms with Gasteiger partial charge in [-0.05, 0) is 41.8 Å². The van der Waals surface area contributed by atoms with Crippen LogP contribution in [0.4, 0.5) is 17.1 Å². The largest absolute Gasteiger partial charge is 0.322 e. The van der Waals surface area contributed by atoms with Crippen molar-refractivity contribution in [1.82, 2.24) is 0 Å². The molecule has 166 valence electrons. The smallest absolute Gasteiger partial charge is 0.270 e. The molecule has 4 aromatic carbocycles. The van der Waals surface area contributed by atoms with Crippen LogP contribution in [0.5, 0.6) is 0 Å². The number of hydrogen-bond acceptors (Lipinski definition) is 5. The molecule has 0 saturated heterocycles. The van der Waals surface area contributed by atoms with Crippen molar-refractivity contribution in [3.63, 3.8) is 0 Å². The van der Waals surface area contributed by atoms with E-state index in [9.17, 15) is 23.3 Å². The number of halogens is 1. The number of non-ortho nitro benzene ring substituents is 1. The van der Waals surface area contributed by atoms with E-state index in [1.165, 1.54) is 36.4 Å². The highest BCUT2D eigenvalue weighted by Crippen LogP contribution is 2.27. The lowest BCUT2D eigenvalue weighted by atomic mass is 10.1. The minimum atomic E-state index is -3.87. The molecule has 1 amide bonds. The van der Waals surface area contributed by atoms with Crippen molar-refractivity contribution in [2.75, 3.05) is 10.0 Å². The first-order valence-corrected chi connectivity index (χ1v) is 11.5.